The maximum Gasteiger partial charge on any atom is 0.295 e. The van der Waals surface area contributed by atoms with Crippen molar-refractivity contribution < 1.29 is 9.31 Å². The van der Waals surface area contributed by atoms with E-state index in [4.69, 9.17) is 0 Å². The Labute approximate surface area is 122 Å². The molecular formula is C11H11BrFN5O2. The van der Waals surface area contributed by atoms with Crippen LogP contribution in [0.1, 0.15) is 18.8 Å². The topological polar surface area (TPSA) is 85.9 Å². The maximum atomic E-state index is 13.4. The fraction of sp³-hybridized carbons (Fsp3) is 0.273. The van der Waals surface area contributed by atoms with E-state index in [0.717, 1.165) is 6.07 Å². The SMILES string of the molecule is CC(Nc1cc(Br)c(F)cc1[N+](=O)[O-])c1nncn1C. The van der Waals surface area contributed by atoms with Crippen LogP contribution < -0.4 is 5.32 Å². The van der Waals surface area contributed by atoms with Gasteiger partial charge in [0.05, 0.1) is 21.5 Å². The van der Waals surface area contributed by atoms with Gasteiger partial charge in [0.1, 0.15) is 17.8 Å². The van der Waals surface area contributed by atoms with Crippen molar-refractivity contribution in [2.45, 2.75) is 13.0 Å². The van der Waals surface area contributed by atoms with Crippen LogP contribution in [0.15, 0.2) is 22.9 Å². The molecule has 0 fully saturated rings. The van der Waals surface area contributed by atoms with Crippen LogP contribution in [-0.4, -0.2) is 19.7 Å². The van der Waals surface area contributed by atoms with E-state index in [1.807, 2.05) is 0 Å². The maximum absolute atomic E-state index is 13.4. The Balaban J connectivity index is 2.36. The van der Waals surface area contributed by atoms with Crippen LogP contribution in [0.5, 0.6) is 0 Å². The number of nitro benzene ring substituents is 1. The number of anilines is 1. The van der Waals surface area contributed by atoms with Gasteiger partial charge in [0, 0.05) is 7.05 Å². The van der Waals surface area contributed by atoms with Gasteiger partial charge in [-0.05, 0) is 28.9 Å². The summed E-state index contributed by atoms with van der Waals surface area (Å²) in [7, 11) is 1.77. The van der Waals surface area contributed by atoms with Crippen LogP contribution in [0.3, 0.4) is 0 Å². The summed E-state index contributed by atoms with van der Waals surface area (Å²) in [5.74, 6) is -0.0756. The molecule has 1 unspecified atom stereocenters. The standard InChI is InChI=1S/C11H11BrFN5O2/c1-6(11-16-14-5-17(11)2)15-9-3-7(12)8(13)4-10(9)18(19)20/h3-6,15H,1-2H3. The van der Waals surface area contributed by atoms with Gasteiger partial charge in [0.25, 0.3) is 5.69 Å². The summed E-state index contributed by atoms with van der Waals surface area (Å²) < 4.78 is 15.2. The third-order valence-corrected chi connectivity index (χ3v) is 3.35. The van der Waals surface area contributed by atoms with Gasteiger partial charge in [-0.15, -0.1) is 10.2 Å². The second kappa shape index (κ2) is 5.53. The number of aromatic nitrogens is 3. The number of aryl methyl sites for hydroxylation is 1. The lowest BCUT2D eigenvalue weighted by molar-refractivity contribution is -0.384. The van der Waals surface area contributed by atoms with Gasteiger partial charge < -0.3 is 9.88 Å². The highest BCUT2D eigenvalue weighted by Crippen LogP contribution is 2.32. The summed E-state index contributed by atoms with van der Waals surface area (Å²) in [6, 6.07) is 1.88. The zero-order valence-electron chi connectivity index (χ0n) is 10.7. The minimum atomic E-state index is -0.687. The number of hydrogen-bond acceptors (Lipinski definition) is 5. The van der Waals surface area contributed by atoms with Crippen molar-refractivity contribution in [3.63, 3.8) is 0 Å². The molecule has 2 aromatic rings. The Bertz CT molecular complexity index is 660. The number of nitrogens with zero attached hydrogens (tertiary/aromatic N) is 4. The first-order chi connectivity index (χ1) is 9.40. The van der Waals surface area contributed by atoms with Crippen molar-refractivity contribution in [2.75, 3.05) is 5.32 Å². The van der Waals surface area contributed by atoms with Crippen molar-refractivity contribution in [3.8, 4) is 0 Å². The van der Waals surface area contributed by atoms with Crippen LogP contribution in [-0.2, 0) is 7.05 Å². The first kappa shape index (κ1) is 14.4. The predicted octanol–water partition coefficient (Wildman–Crippen LogP) is 2.80. The number of rotatable bonds is 4. The highest BCUT2D eigenvalue weighted by Gasteiger charge is 2.21. The zero-order valence-corrected chi connectivity index (χ0v) is 12.3. The normalized spacial score (nSPS) is 12.2. The summed E-state index contributed by atoms with van der Waals surface area (Å²) in [4.78, 5) is 10.3. The van der Waals surface area contributed by atoms with E-state index in [0.29, 0.717) is 5.82 Å². The lowest BCUT2D eigenvalue weighted by Crippen LogP contribution is -2.13. The average Bonchev–Trinajstić information content (AvgIpc) is 2.79. The van der Waals surface area contributed by atoms with Gasteiger partial charge in [-0.2, -0.15) is 0 Å². The molecule has 1 N–H and O–H groups in total. The second-order valence-corrected chi connectivity index (χ2v) is 5.06. The summed E-state index contributed by atoms with van der Waals surface area (Å²) in [5.41, 5.74) is -0.126. The fourth-order valence-corrected chi connectivity index (χ4v) is 2.13. The first-order valence-electron chi connectivity index (χ1n) is 5.64. The Morgan fingerprint density at radius 3 is 2.80 bits per heavy atom. The fourth-order valence-electron chi connectivity index (χ4n) is 1.78. The van der Waals surface area contributed by atoms with Crippen LogP contribution in [0.25, 0.3) is 0 Å². The summed E-state index contributed by atoms with van der Waals surface area (Å²) in [5, 5.41) is 21.6. The lowest BCUT2D eigenvalue weighted by atomic mass is 10.2. The molecule has 0 saturated heterocycles. The highest BCUT2D eigenvalue weighted by molar-refractivity contribution is 9.10. The van der Waals surface area contributed by atoms with Gasteiger partial charge in [-0.1, -0.05) is 0 Å². The quantitative estimate of drug-likeness (QED) is 0.681. The third-order valence-electron chi connectivity index (χ3n) is 2.74. The Morgan fingerprint density at radius 1 is 1.55 bits per heavy atom. The molecule has 1 heterocycles. The smallest absolute Gasteiger partial charge is 0.295 e. The molecule has 0 aliphatic heterocycles. The molecule has 0 bridgehead atoms. The summed E-state index contributed by atoms with van der Waals surface area (Å²) in [6.07, 6.45) is 1.53. The third kappa shape index (κ3) is 2.77. The van der Waals surface area contributed by atoms with Crippen LogP contribution >= 0.6 is 15.9 Å². The van der Waals surface area contributed by atoms with Crippen LogP contribution in [0.4, 0.5) is 15.8 Å². The average molecular weight is 344 g/mol. The van der Waals surface area contributed by atoms with Gasteiger partial charge in [0.15, 0.2) is 5.82 Å². The molecule has 2 rings (SSSR count). The molecule has 0 radical (unpaired) electrons. The molecule has 9 heteroatoms. The van der Waals surface area contributed by atoms with Crippen molar-refractivity contribution in [3.05, 3.63) is 44.7 Å². The largest absolute Gasteiger partial charge is 0.370 e. The lowest BCUT2D eigenvalue weighted by Gasteiger charge is -2.14. The molecule has 0 saturated carbocycles. The molecule has 7 nitrogen and oxygen atoms in total. The number of nitro groups is 1. The molecule has 0 spiro atoms. The van der Waals surface area contributed by atoms with E-state index in [9.17, 15) is 14.5 Å². The van der Waals surface area contributed by atoms with Gasteiger partial charge >= 0.3 is 0 Å². The molecule has 1 aromatic heterocycles. The number of halogens is 2. The Hall–Kier alpha value is -2.03. The van der Waals surface area contributed by atoms with Crippen molar-refractivity contribution in [2.24, 2.45) is 7.05 Å². The summed E-state index contributed by atoms with van der Waals surface area (Å²) >= 11 is 3.01. The number of nitrogens with one attached hydrogen (secondary N) is 1. The molecule has 0 amide bonds. The highest BCUT2D eigenvalue weighted by atomic mass is 79.9. The van der Waals surface area contributed by atoms with Crippen LogP contribution in [0, 0.1) is 15.9 Å². The number of benzene rings is 1. The zero-order chi connectivity index (χ0) is 14.9. The second-order valence-electron chi connectivity index (χ2n) is 4.21. The van der Waals surface area contributed by atoms with Crippen molar-refractivity contribution >= 4 is 27.3 Å². The molecule has 20 heavy (non-hydrogen) atoms. The molecule has 0 aliphatic rings. The van der Waals surface area contributed by atoms with E-state index in [2.05, 4.69) is 31.4 Å². The van der Waals surface area contributed by atoms with Crippen molar-refractivity contribution in [1.29, 1.82) is 0 Å². The Kier molecular flexibility index (Phi) is 3.98. The number of hydrogen-bond donors (Lipinski definition) is 1. The van der Waals surface area contributed by atoms with E-state index in [1.165, 1.54) is 12.4 Å². The molecule has 1 atom stereocenters. The first-order valence-corrected chi connectivity index (χ1v) is 6.43. The molecule has 106 valence electrons. The predicted molar refractivity (Wildman–Crippen MR) is 73.8 cm³/mol. The van der Waals surface area contributed by atoms with E-state index in [1.54, 1.807) is 18.5 Å². The van der Waals surface area contributed by atoms with E-state index >= 15 is 0 Å². The monoisotopic (exact) mass is 343 g/mol. The van der Waals surface area contributed by atoms with Gasteiger partial charge in [0.2, 0.25) is 0 Å². The van der Waals surface area contributed by atoms with Crippen LogP contribution in [0.2, 0.25) is 0 Å². The minimum absolute atomic E-state index is 0.149. The molecule has 1 aromatic carbocycles. The Morgan fingerprint density at radius 2 is 2.25 bits per heavy atom. The van der Waals surface area contributed by atoms with E-state index < -0.39 is 10.7 Å². The van der Waals surface area contributed by atoms with Crippen molar-refractivity contribution in [1.82, 2.24) is 14.8 Å². The minimum Gasteiger partial charge on any atom is -0.370 e. The molecule has 0 aliphatic carbocycles. The van der Waals surface area contributed by atoms with Gasteiger partial charge in [-0.25, -0.2) is 4.39 Å². The summed E-state index contributed by atoms with van der Waals surface area (Å²) in [6.45, 7) is 1.78. The molecular weight excluding hydrogens is 333 g/mol. The van der Waals surface area contributed by atoms with E-state index in [-0.39, 0.29) is 21.9 Å². The van der Waals surface area contributed by atoms with Gasteiger partial charge in [-0.3, -0.25) is 10.1 Å².